The number of rotatable bonds is 0. The molecule has 0 spiro atoms. The van der Waals surface area contributed by atoms with Gasteiger partial charge in [-0.05, 0) is 7.05 Å². The van der Waals surface area contributed by atoms with Gasteiger partial charge in [-0.1, -0.05) is 0 Å². The van der Waals surface area contributed by atoms with Crippen LogP contribution in [-0.4, -0.2) is 87.2 Å². The van der Waals surface area contributed by atoms with Gasteiger partial charge in [-0.3, -0.25) is 9.80 Å². The van der Waals surface area contributed by atoms with Gasteiger partial charge < -0.3 is 10.2 Å². The molecule has 2 unspecified atom stereocenters. The van der Waals surface area contributed by atoms with Crippen LogP contribution in [0, 0.1) is 0 Å². The first-order chi connectivity index (χ1) is 7.34. The van der Waals surface area contributed by atoms with Crippen molar-refractivity contribution in [1.29, 1.82) is 0 Å². The van der Waals surface area contributed by atoms with Crippen LogP contribution < -0.4 is 5.32 Å². The first kappa shape index (κ1) is 11.3. The minimum absolute atomic E-state index is 1.15. The first-order valence-corrected chi connectivity index (χ1v) is 6.18. The normalized spacial score (nSPS) is 35.8. The quantitative estimate of drug-likeness (QED) is 0.564. The maximum Gasteiger partial charge on any atom is 0.0110 e. The Kier molecular flexibility index (Phi) is 4.38. The van der Waals surface area contributed by atoms with Crippen molar-refractivity contribution in [2.45, 2.75) is 0 Å². The second-order valence-corrected chi connectivity index (χ2v) is 4.74. The predicted molar refractivity (Wildman–Crippen MR) is 63.2 cm³/mol. The largest absolute Gasteiger partial charge is 0.314 e. The van der Waals surface area contributed by atoms with Crippen LogP contribution in [0.3, 0.4) is 0 Å². The fourth-order valence-corrected chi connectivity index (χ4v) is 2.29. The van der Waals surface area contributed by atoms with E-state index in [1.807, 2.05) is 0 Å². The van der Waals surface area contributed by atoms with Crippen molar-refractivity contribution in [2.24, 2.45) is 0 Å². The average Bonchev–Trinajstić information content (AvgIpc) is 2.39. The maximum absolute atomic E-state index is 3.52. The number of nitrogens with one attached hydrogen (secondary N) is 1. The highest BCUT2D eigenvalue weighted by atomic mass is 15.3. The molecular weight excluding hydrogens is 188 g/mol. The van der Waals surface area contributed by atoms with Gasteiger partial charge >= 0.3 is 0 Å². The van der Waals surface area contributed by atoms with E-state index < -0.39 is 0 Å². The van der Waals surface area contributed by atoms with E-state index in [0.29, 0.717) is 0 Å². The third-order valence-corrected chi connectivity index (χ3v) is 3.54. The molecule has 2 fully saturated rings. The number of hydrogen-bond acceptors (Lipinski definition) is 4. The summed E-state index contributed by atoms with van der Waals surface area (Å²) in [5.41, 5.74) is 0. The van der Waals surface area contributed by atoms with E-state index >= 15 is 0 Å². The summed E-state index contributed by atoms with van der Waals surface area (Å²) in [5, 5.41) is 3.52. The van der Waals surface area contributed by atoms with Crippen LogP contribution in [0.25, 0.3) is 0 Å². The summed E-state index contributed by atoms with van der Waals surface area (Å²) in [6, 6.07) is 0. The summed E-state index contributed by atoms with van der Waals surface area (Å²) >= 11 is 0. The van der Waals surface area contributed by atoms with Crippen molar-refractivity contribution in [3.63, 3.8) is 0 Å². The lowest BCUT2D eigenvalue weighted by Gasteiger charge is -2.23. The van der Waals surface area contributed by atoms with Gasteiger partial charge in [0.1, 0.15) is 0 Å². The van der Waals surface area contributed by atoms with Gasteiger partial charge in [0.15, 0.2) is 0 Å². The van der Waals surface area contributed by atoms with Gasteiger partial charge in [-0.15, -0.1) is 0 Å². The highest BCUT2D eigenvalue weighted by molar-refractivity contribution is 4.73. The average molecular weight is 212 g/mol. The molecule has 4 heteroatoms. The van der Waals surface area contributed by atoms with Crippen LogP contribution in [0.2, 0.25) is 0 Å². The Balaban J connectivity index is 1.96. The summed E-state index contributed by atoms with van der Waals surface area (Å²) in [6.45, 7) is 12.1. The molecule has 15 heavy (non-hydrogen) atoms. The summed E-state index contributed by atoms with van der Waals surface area (Å²) in [4.78, 5) is 7.64. The maximum atomic E-state index is 3.52. The Labute approximate surface area is 93.2 Å². The Morgan fingerprint density at radius 1 is 0.667 bits per heavy atom. The van der Waals surface area contributed by atoms with E-state index in [1.54, 1.807) is 0 Å². The molecule has 4 nitrogen and oxygen atoms in total. The van der Waals surface area contributed by atoms with Crippen LogP contribution >= 0.6 is 0 Å². The van der Waals surface area contributed by atoms with E-state index in [9.17, 15) is 0 Å². The standard InChI is InChI=1S/C11H24N4/c1-13-6-8-14-4-2-12-3-5-15(9-7-13)11-10-14/h12H,2-11H2,1H3. The Morgan fingerprint density at radius 2 is 1.13 bits per heavy atom. The molecule has 2 aliphatic rings. The minimum Gasteiger partial charge on any atom is -0.314 e. The SMILES string of the molecule is CN1CCN2CCNCCN(CC1)CC2. The zero-order valence-corrected chi connectivity index (χ0v) is 9.91. The van der Waals surface area contributed by atoms with E-state index in [4.69, 9.17) is 0 Å². The van der Waals surface area contributed by atoms with E-state index in [-0.39, 0.29) is 0 Å². The summed E-state index contributed by atoms with van der Waals surface area (Å²) in [6.07, 6.45) is 0. The van der Waals surface area contributed by atoms with E-state index in [1.165, 1.54) is 52.4 Å². The molecule has 0 amide bonds. The Morgan fingerprint density at radius 3 is 1.67 bits per heavy atom. The second-order valence-electron chi connectivity index (χ2n) is 4.74. The zero-order chi connectivity index (χ0) is 10.5. The zero-order valence-electron chi connectivity index (χ0n) is 9.91. The van der Waals surface area contributed by atoms with Crippen molar-refractivity contribution in [1.82, 2.24) is 20.0 Å². The number of likely N-dealkylation sites (N-methyl/N-ethyl adjacent to an activating group) is 1. The van der Waals surface area contributed by atoms with Gasteiger partial charge in [-0.25, -0.2) is 0 Å². The third kappa shape index (κ3) is 3.72. The molecule has 2 bridgehead atoms. The van der Waals surface area contributed by atoms with Crippen molar-refractivity contribution in [3.8, 4) is 0 Å². The number of nitrogens with zero attached hydrogens (tertiary/aromatic N) is 3. The molecule has 0 aliphatic carbocycles. The van der Waals surface area contributed by atoms with Gasteiger partial charge in [0, 0.05) is 65.4 Å². The van der Waals surface area contributed by atoms with Gasteiger partial charge in [0.05, 0.1) is 0 Å². The molecule has 2 rings (SSSR count). The van der Waals surface area contributed by atoms with Crippen molar-refractivity contribution in [2.75, 3.05) is 72.5 Å². The Hall–Kier alpha value is -0.160. The Bertz CT molecular complexity index is 167. The topological polar surface area (TPSA) is 21.8 Å². The van der Waals surface area contributed by atoms with Crippen LogP contribution in [0.15, 0.2) is 0 Å². The lowest BCUT2D eigenvalue weighted by atomic mass is 10.4. The van der Waals surface area contributed by atoms with Crippen LogP contribution in [0.1, 0.15) is 0 Å². The molecule has 88 valence electrons. The molecule has 2 saturated heterocycles. The predicted octanol–water partition coefficient (Wildman–Crippen LogP) is -0.861. The lowest BCUT2D eigenvalue weighted by molar-refractivity contribution is 0.237. The molecule has 0 aromatic carbocycles. The molecule has 2 heterocycles. The van der Waals surface area contributed by atoms with Crippen LogP contribution in [0.5, 0.6) is 0 Å². The van der Waals surface area contributed by atoms with Crippen LogP contribution in [0.4, 0.5) is 0 Å². The van der Waals surface area contributed by atoms with Gasteiger partial charge in [0.2, 0.25) is 0 Å². The van der Waals surface area contributed by atoms with Gasteiger partial charge in [-0.2, -0.15) is 0 Å². The van der Waals surface area contributed by atoms with Crippen molar-refractivity contribution >= 4 is 0 Å². The van der Waals surface area contributed by atoms with Crippen molar-refractivity contribution in [3.05, 3.63) is 0 Å². The molecule has 2 atom stereocenters. The smallest absolute Gasteiger partial charge is 0.0110 e. The van der Waals surface area contributed by atoms with Crippen LogP contribution in [-0.2, 0) is 0 Å². The fraction of sp³-hybridized carbons (Fsp3) is 1.00. The highest BCUT2D eigenvalue weighted by Crippen LogP contribution is 1.99. The van der Waals surface area contributed by atoms with E-state index in [0.717, 1.165) is 13.1 Å². The van der Waals surface area contributed by atoms with E-state index in [2.05, 4.69) is 27.1 Å². The molecule has 0 aromatic rings. The van der Waals surface area contributed by atoms with Gasteiger partial charge in [0.25, 0.3) is 0 Å². The highest BCUT2D eigenvalue weighted by Gasteiger charge is 2.15. The number of hydrogen-bond donors (Lipinski definition) is 1. The molecule has 1 N–H and O–H groups in total. The summed E-state index contributed by atoms with van der Waals surface area (Å²) in [5.74, 6) is 0. The molecular formula is C11H24N4. The minimum atomic E-state index is 1.15. The number of fused-ring (bicyclic) bond motifs is 3. The monoisotopic (exact) mass is 212 g/mol. The first-order valence-electron chi connectivity index (χ1n) is 6.18. The molecule has 0 aromatic heterocycles. The summed E-state index contributed by atoms with van der Waals surface area (Å²) < 4.78 is 0. The molecule has 0 saturated carbocycles. The van der Waals surface area contributed by atoms with Crippen molar-refractivity contribution < 1.29 is 0 Å². The fourth-order valence-electron chi connectivity index (χ4n) is 2.29. The summed E-state index contributed by atoms with van der Waals surface area (Å²) in [7, 11) is 2.24. The molecule has 0 radical (unpaired) electrons. The second kappa shape index (κ2) is 5.80. The lowest BCUT2D eigenvalue weighted by Crippen LogP contribution is -2.38. The molecule has 2 aliphatic heterocycles. The third-order valence-electron chi connectivity index (χ3n) is 3.54.